The average molecular weight is 306 g/mol. The third-order valence-electron chi connectivity index (χ3n) is 3.63. The van der Waals surface area contributed by atoms with Crippen LogP contribution in [0.25, 0.3) is 0 Å². The number of alkyl carbamates (subject to hydrolysis) is 1. The highest BCUT2D eigenvalue weighted by molar-refractivity contribution is 5.68. The van der Waals surface area contributed by atoms with Gasteiger partial charge in [-0.15, -0.1) is 0 Å². The Balaban J connectivity index is 1.66. The minimum atomic E-state index is -0.449. The maximum atomic E-state index is 11.7. The molecule has 2 rings (SSSR count). The molecule has 5 nitrogen and oxygen atoms in total. The van der Waals surface area contributed by atoms with Gasteiger partial charge in [0.2, 0.25) is 0 Å². The predicted molar refractivity (Wildman–Crippen MR) is 84.4 cm³/mol. The smallest absolute Gasteiger partial charge is 0.407 e. The average Bonchev–Trinajstić information content (AvgIpc) is 2.45. The lowest BCUT2D eigenvalue weighted by atomic mass is 9.93. The molecule has 1 saturated carbocycles. The van der Waals surface area contributed by atoms with Crippen molar-refractivity contribution >= 4 is 6.09 Å². The Labute approximate surface area is 132 Å². The van der Waals surface area contributed by atoms with Crippen LogP contribution in [0.15, 0.2) is 24.5 Å². The summed E-state index contributed by atoms with van der Waals surface area (Å²) in [7, 11) is 0. The van der Waals surface area contributed by atoms with Crippen molar-refractivity contribution in [3.8, 4) is 0 Å². The summed E-state index contributed by atoms with van der Waals surface area (Å²) in [4.78, 5) is 15.7. The minimum Gasteiger partial charge on any atom is -0.444 e. The Morgan fingerprint density at radius 3 is 2.45 bits per heavy atom. The number of hydrogen-bond donors (Lipinski definition) is 1. The molecule has 0 aliphatic heterocycles. The van der Waals surface area contributed by atoms with Gasteiger partial charge in [0.05, 0.1) is 12.7 Å². The van der Waals surface area contributed by atoms with Crippen LogP contribution >= 0.6 is 0 Å². The Morgan fingerprint density at radius 1 is 1.23 bits per heavy atom. The first-order valence-electron chi connectivity index (χ1n) is 7.92. The van der Waals surface area contributed by atoms with Crippen LogP contribution in [0.4, 0.5) is 4.79 Å². The summed E-state index contributed by atoms with van der Waals surface area (Å²) in [5.74, 6) is 0. The second kappa shape index (κ2) is 7.58. The van der Waals surface area contributed by atoms with Gasteiger partial charge in [-0.05, 0) is 64.2 Å². The summed E-state index contributed by atoms with van der Waals surface area (Å²) in [6, 6.07) is 4.13. The second-order valence-electron chi connectivity index (χ2n) is 6.79. The molecule has 1 heterocycles. The lowest BCUT2D eigenvalue weighted by Crippen LogP contribution is -2.41. The molecule has 0 aromatic carbocycles. The second-order valence-corrected chi connectivity index (χ2v) is 6.79. The van der Waals surface area contributed by atoms with Crippen molar-refractivity contribution in [2.24, 2.45) is 0 Å². The first-order chi connectivity index (χ1) is 10.4. The van der Waals surface area contributed by atoms with Crippen molar-refractivity contribution in [2.75, 3.05) is 0 Å². The van der Waals surface area contributed by atoms with Gasteiger partial charge in [0, 0.05) is 18.4 Å². The van der Waals surface area contributed by atoms with E-state index in [0.29, 0.717) is 6.61 Å². The van der Waals surface area contributed by atoms with E-state index >= 15 is 0 Å². The number of hydrogen-bond acceptors (Lipinski definition) is 4. The molecule has 1 N–H and O–H groups in total. The zero-order valence-corrected chi connectivity index (χ0v) is 13.7. The Kier molecular flexibility index (Phi) is 5.77. The van der Waals surface area contributed by atoms with E-state index in [-0.39, 0.29) is 18.2 Å². The van der Waals surface area contributed by atoms with Crippen LogP contribution in [0.2, 0.25) is 0 Å². The lowest BCUT2D eigenvalue weighted by Gasteiger charge is -2.30. The molecule has 0 radical (unpaired) electrons. The van der Waals surface area contributed by atoms with Crippen LogP contribution in [0.1, 0.15) is 52.0 Å². The van der Waals surface area contributed by atoms with Gasteiger partial charge < -0.3 is 14.8 Å². The van der Waals surface area contributed by atoms with E-state index in [2.05, 4.69) is 10.3 Å². The fraction of sp³-hybridized carbons (Fsp3) is 0.647. The summed E-state index contributed by atoms with van der Waals surface area (Å²) in [5, 5.41) is 2.94. The molecule has 5 heteroatoms. The molecule has 22 heavy (non-hydrogen) atoms. The summed E-state index contributed by atoms with van der Waals surface area (Å²) in [6.45, 7) is 6.24. The maximum Gasteiger partial charge on any atom is 0.407 e. The molecule has 0 bridgehead atoms. The van der Waals surface area contributed by atoms with E-state index in [1.165, 1.54) is 0 Å². The fourth-order valence-corrected chi connectivity index (χ4v) is 2.54. The van der Waals surface area contributed by atoms with Crippen molar-refractivity contribution < 1.29 is 14.3 Å². The van der Waals surface area contributed by atoms with Crippen LogP contribution in [-0.4, -0.2) is 28.8 Å². The predicted octanol–water partition coefficient (Wildman–Crippen LogP) is 3.43. The number of pyridine rings is 1. The van der Waals surface area contributed by atoms with Gasteiger partial charge in [-0.3, -0.25) is 4.98 Å². The lowest BCUT2D eigenvalue weighted by molar-refractivity contribution is 0.00832. The number of nitrogens with zero attached hydrogens (tertiary/aromatic N) is 1. The summed E-state index contributed by atoms with van der Waals surface area (Å²) >= 11 is 0. The number of rotatable bonds is 4. The number of aromatic nitrogens is 1. The van der Waals surface area contributed by atoms with Gasteiger partial charge in [-0.1, -0.05) is 0 Å². The number of carbonyl (C=O) groups excluding carboxylic acids is 1. The number of amides is 1. The van der Waals surface area contributed by atoms with E-state index in [4.69, 9.17) is 9.47 Å². The standard InChI is InChI=1S/C17H26N2O3/c1-17(2,3)22-16(20)19-14-4-6-15(7-5-14)21-12-13-8-10-18-11-9-13/h8-11,14-15H,4-7,12H2,1-3H3,(H,19,20)/t14-,15-. The van der Waals surface area contributed by atoms with Crippen LogP contribution in [0.3, 0.4) is 0 Å². The highest BCUT2D eigenvalue weighted by Gasteiger charge is 2.25. The van der Waals surface area contributed by atoms with Crippen LogP contribution < -0.4 is 5.32 Å². The quantitative estimate of drug-likeness (QED) is 0.925. The SMILES string of the molecule is CC(C)(C)OC(=O)N[C@H]1CC[C@H](OCc2ccncc2)CC1. The van der Waals surface area contributed by atoms with E-state index in [0.717, 1.165) is 31.2 Å². The summed E-state index contributed by atoms with van der Waals surface area (Å²) < 4.78 is 11.2. The Hall–Kier alpha value is -1.62. The van der Waals surface area contributed by atoms with Crippen molar-refractivity contribution in [3.05, 3.63) is 30.1 Å². The van der Waals surface area contributed by atoms with Crippen LogP contribution in [0, 0.1) is 0 Å². The molecule has 1 aliphatic rings. The van der Waals surface area contributed by atoms with Gasteiger partial charge in [-0.2, -0.15) is 0 Å². The van der Waals surface area contributed by atoms with Crippen molar-refractivity contribution in [1.82, 2.24) is 10.3 Å². The van der Waals surface area contributed by atoms with Gasteiger partial charge in [0.25, 0.3) is 0 Å². The molecule has 0 unspecified atom stereocenters. The third-order valence-corrected chi connectivity index (χ3v) is 3.63. The van der Waals surface area contributed by atoms with Crippen LogP contribution in [-0.2, 0) is 16.1 Å². The van der Waals surface area contributed by atoms with Crippen molar-refractivity contribution in [3.63, 3.8) is 0 Å². The molecule has 0 spiro atoms. The zero-order valence-electron chi connectivity index (χ0n) is 13.7. The number of nitrogens with one attached hydrogen (secondary N) is 1. The Bertz CT molecular complexity index is 463. The summed E-state index contributed by atoms with van der Waals surface area (Å²) in [6.07, 6.45) is 7.29. The molecule has 1 amide bonds. The van der Waals surface area contributed by atoms with Crippen molar-refractivity contribution in [2.45, 2.75) is 70.8 Å². The van der Waals surface area contributed by atoms with Crippen LogP contribution in [0.5, 0.6) is 0 Å². The molecule has 1 aliphatic carbocycles. The first-order valence-corrected chi connectivity index (χ1v) is 7.92. The summed E-state index contributed by atoms with van der Waals surface area (Å²) in [5.41, 5.74) is 0.693. The van der Waals surface area contributed by atoms with Gasteiger partial charge in [0.1, 0.15) is 5.60 Å². The highest BCUT2D eigenvalue weighted by atomic mass is 16.6. The molecule has 0 saturated heterocycles. The number of ether oxygens (including phenoxy) is 2. The molecule has 0 atom stereocenters. The maximum absolute atomic E-state index is 11.7. The van der Waals surface area contributed by atoms with E-state index in [1.807, 2.05) is 32.9 Å². The topological polar surface area (TPSA) is 60.5 Å². The van der Waals surface area contributed by atoms with Gasteiger partial charge >= 0.3 is 6.09 Å². The van der Waals surface area contributed by atoms with Gasteiger partial charge in [0.15, 0.2) is 0 Å². The minimum absolute atomic E-state index is 0.190. The third kappa shape index (κ3) is 6.02. The molecule has 1 fully saturated rings. The molecule has 1 aromatic heterocycles. The first kappa shape index (κ1) is 16.7. The monoisotopic (exact) mass is 306 g/mol. The fourth-order valence-electron chi connectivity index (χ4n) is 2.54. The van der Waals surface area contributed by atoms with E-state index in [9.17, 15) is 4.79 Å². The molecular weight excluding hydrogens is 280 g/mol. The van der Waals surface area contributed by atoms with E-state index in [1.54, 1.807) is 12.4 Å². The normalized spacial score (nSPS) is 22.1. The highest BCUT2D eigenvalue weighted by Crippen LogP contribution is 2.22. The molecule has 122 valence electrons. The molecular formula is C17H26N2O3. The number of carbonyl (C=O) groups is 1. The van der Waals surface area contributed by atoms with E-state index < -0.39 is 5.60 Å². The molecule has 1 aromatic rings. The van der Waals surface area contributed by atoms with Crippen molar-refractivity contribution in [1.29, 1.82) is 0 Å². The van der Waals surface area contributed by atoms with Gasteiger partial charge in [-0.25, -0.2) is 4.79 Å². The zero-order chi connectivity index (χ0) is 16.0. The largest absolute Gasteiger partial charge is 0.444 e. The Morgan fingerprint density at radius 2 is 1.86 bits per heavy atom.